The number of fused-ring (bicyclic) bond motifs is 1. The Kier molecular flexibility index (Phi) is 3.21. The van der Waals surface area contributed by atoms with Crippen LogP contribution in [-0.2, 0) is 30.5 Å². The first-order chi connectivity index (χ1) is 9.56. The van der Waals surface area contributed by atoms with E-state index in [1.54, 1.807) is 12.1 Å². The third-order valence-corrected chi connectivity index (χ3v) is 3.75. The van der Waals surface area contributed by atoms with Gasteiger partial charge in [0.15, 0.2) is 6.23 Å². The lowest BCUT2D eigenvalue weighted by atomic mass is 10.1. The highest BCUT2D eigenvalue weighted by molar-refractivity contribution is 9.10. The zero-order valence-corrected chi connectivity index (χ0v) is 11.8. The molecular formula is C13H10BrNO5. The van der Waals surface area contributed by atoms with Crippen LogP contribution in [0.4, 0.5) is 0 Å². The molecule has 20 heavy (non-hydrogen) atoms. The zero-order chi connectivity index (χ0) is 14.3. The van der Waals surface area contributed by atoms with Crippen LogP contribution in [-0.4, -0.2) is 35.0 Å². The average Bonchev–Trinajstić information content (AvgIpc) is 2.69. The fourth-order valence-corrected chi connectivity index (χ4v) is 2.41. The minimum absolute atomic E-state index is 0.0442. The maximum Gasteiger partial charge on any atom is 0.342 e. The summed E-state index contributed by atoms with van der Waals surface area (Å²) in [7, 11) is 0. The predicted octanol–water partition coefficient (Wildman–Crippen LogP) is 0.976. The van der Waals surface area contributed by atoms with E-state index in [0.29, 0.717) is 0 Å². The Bertz CT molecular complexity index is 585. The molecule has 0 bridgehead atoms. The van der Waals surface area contributed by atoms with E-state index >= 15 is 0 Å². The van der Waals surface area contributed by atoms with Gasteiger partial charge in [-0.15, -0.1) is 0 Å². The highest BCUT2D eigenvalue weighted by Crippen LogP contribution is 2.31. The molecule has 0 saturated carbocycles. The van der Waals surface area contributed by atoms with E-state index in [2.05, 4.69) is 15.9 Å². The van der Waals surface area contributed by atoms with Crippen molar-refractivity contribution >= 4 is 33.8 Å². The molecule has 1 amide bonds. The zero-order valence-electron chi connectivity index (χ0n) is 10.2. The number of hydrogen-bond donors (Lipinski definition) is 0. The normalized spacial score (nSPS) is 23.9. The molecule has 0 aliphatic carbocycles. The number of benzene rings is 1. The molecular weight excluding hydrogens is 330 g/mol. The lowest BCUT2D eigenvalue weighted by Crippen LogP contribution is -2.55. The predicted molar refractivity (Wildman–Crippen MR) is 69.1 cm³/mol. The second-order valence-electron chi connectivity index (χ2n) is 4.53. The van der Waals surface area contributed by atoms with Crippen LogP contribution in [0, 0.1) is 0 Å². The summed E-state index contributed by atoms with van der Waals surface area (Å²) in [4.78, 5) is 36.0. The molecule has 1 aromatic carbocycles. The highest BCUT2D eigenvalue weighted by atomic mass is 79.9. The summed E-state index contributed by atoms with van der Waals surface area (Å²) in [6.45, 7) is 0.0442. The summed E-state index contributed by atoms with van der Waals surface area (Å²) in [6.07, 6.45) is -0.456. The largest absolute Gasteiger partial charge is 0.459 e. The number of nitrogens with zero attached hydrogens (tertiary/aromatic N) is 1. The van der Waals surface area contributed by atoms with E-state index in [1.165, 1.54) is 0 Å². The van der Waals surface area contributed by atoms with Gasteiger partial charge in [-0.05, 0) is 17.7 Å². The number of amides is 1. The van der Waals surface area contributed by atoms with Crippen molar-refractivity contribution in [1.29, 1.82) is 0 Å². The van der Waals surface area contributed by atoms with Crippen molar-refractivity contribution in [1.82, 2.24) is 4.90 Å². The molecule has 0 radical (unpaired) electrons. The molecule has 2 saturated heterocycles. The van der Waals surface area contributed by atoms with Crippen LogP contribution in [0.5, 0.6) is 0 Å². The monoisotopic (exact) mass is 339 g/mol. The molecule has 104 valence electrons. The second-order valence-corrected chi connectivity index (χ2v) is 5.45. The van der Waals surface area contributed by atoms with E-state index < -0.39 is 24.2 Å². The van der Waals surface area contributed by atoms with Crippen molar-refractivity contribution in [3.63, 3.8) is 0 Å². The summed E-state index contributed by atoms with van der Waals surface area (Å²) in [5.74, 6) is -1.75. The summed E-state index contributed by atoms with van der Waals surface area (Å²) in [5, 5.41) is 0. The van der Waals surface area contributed by atoms with Crippen LogP contribution in [0.15, 0.2) is 28.7 Å². The van der Waals surface area contributed by atoms with Crippen molar-refractivity contribution in [2.45, 2.75) is 25.3 Å². The molecule has 6 nitrogen and oxygen atoms in total. The van der Waals surface area contributed by atoms with Gasteiger partial charge in [0.2, 0.25) is 11.9 Å². The fraction of sp³-hybridized carbons (Fsp3) is 0.308. The maximum absolute atomic E-state index is 11.9. The Labute approximate surface area is 122 Å². The summed E-state index contributed by atoms with van der Waals surface area (Å²) in [6, 6.07) is 5.98. The SMILES string of the molecule is O=C(OCc1ccc(Br)cc1)C1C(=O)OC2CC(=O)N21. The van der Waals surface area contributed by atoms with Gasteiger partial charge in [0.05, 0.1) is 6.42 Å². The third-order valence-electron chi connectivity index (χ3n) is 3.22. The number of esters is 2. The van der Waals surface area contributed by atoms with Gasteiger partial charge >= 0.3 is 11.9 Å². The molecule has 2 heterocycles. The first kappa shape index (κ1) is 13.1. The first-order valence-corrected chi connectivity index (χ1v) is 6.78. The van der Waals surface area contributed by atoms with Gasteiger partial charge in [0.1, 0.15) is 6.61 Å². The van der Waals surface area contributed by atoms with Gasteiger partial charge in [-0.2, -0.15) is 0 Å². The average molecular weight is 340 g/mol. The number of halogens is 1. The van der Waals surface area contributed by atoms with E-state index in [9.17, 15) is 14.4 Å². The Balaban J connectivity index is 1.63. The highest BCUT2D eigenvalue weighted by Gasteiger charge is 2.56. The van der Waals surface area contributed by atoms with Crippen LogP contribution in [0.1, 0.15) is 12.0 Å². The van der Waals surface area contributed by atoms with Crippen molar-refractivity contribution in [3.05, 3.63) is 34.3 Å². The van der Waals surface area contributed by atoms with E-state index in [-0.39, 0.29) is 18.9 Å². The van der Waals surface area contributed by atoms with Crippen LogP contribution in [0.25, 0.3) is 0 Å². The summed E-state index contributed by atoms with van der Waals surface area (Å²) < 4.78 is 10.9. The number of hydrogen-bond acceptors (Lipinski definition) is 5. The van der Waals surface area contributed by atoms with Crippen LogP contribution in [0.2, 0.25) is 0 Å². The van der Waals surface area contributed by atoms with Gasteiger partial charge in [-0.25, -0.2) is 9.59 Å². The number of carbonyl (C=O) groups excluding carboxylic acids is 3. The summed E-state index contributed by atoms with van der Waals surface area (Å²) in [5.41, 5.74) is 0.791. The molecule has 3 rings (SSSR count). The molecule has 0 aromatic heterocycles. The van der Waals surface area contributed by atoms with Gasteiger partial charge < -0.3 is 9.47 Å². The van der Waals surface area contributed by atoms with Crippen molar-refractivity contribution in [2.24, 2.45) is 0 Å². The topological polar surface area (TPSA) is 72.9 Å². The standard InChI is InChI=1S/C13H10BrNO5/c14-8-3-1-7(2-4-8)6-19-12(17)11-13(18)20-10-5-9(16)15(10)11/h1-4,10-11H,5-6H2. The van der Waals surface area contributed by atoms with Gasteiger partial charge in [-0.3, -0.25) is 9.69 Å². The smallest absolute Gasteiger partial charge is 0.342 e. The Morgan fingerprint density at radius 3 is 2.70 bits per heavy atom. The Hall–Kier alpha value is -1.89. The summed E-state index contributed by atoms with van der Waals surface area (Å²) >= 11 is 3.30. The van der Waals surface area contributed by atoms with Crippen molar-refractivity contribution in [3.8, 4) is 0 Å². The van der Waals surface area contributed by atoms with Crippen LogP contribution in [0.3, 0.4) is 0 Å². The lowest BCUT2D eigenvalue weighted by molar-refractivity contribution is -0.166. The first-order valence-electron chi connectivity index (χ1n) is 5.99. The van der Waals surface area contributed by atoms with E-state index in [1.807, 2.05) is 12.1 Å². The quantitative estimate of drug-likeness (QED) is 0.466. The minimum Gasteiger partial charge on any atom is -0.459 e. The molecule has 2 fully saturated rings. The van der Waals surface area contributed by atoms with Gasteiger partial charge in [0.25, 0.3) is 0 Å². The number of ether oxygens (including phenoxy) is 2. The molecule has 2 atom stereocenters. The van der Waals surface area contributed by atoms with E-state index in [4.69, 9.17) is 9.47 Å². The molecule has 2 unspecified atom stereocenters. The van der Waals surface area contributed by atoms with Crippen LogP contribution < -0.4 is 0 Å². The lowest BCUT2D eigenvalue weighted by Gasteiger charge is -2.33. The van der Waals surface area contributed by atoms with Gasteiger partial charge in [0, 0.05) is 4.47 Å². The number of rotatable bonds is 3. The second kappa shape index (κ2) is 4.90. The number of β-lactam (4-membered cyclic amide) rings is 1. The molecule has 2 aliphatic rings. The molecule has 1 aromatic rings. The molecule has 0 N–H and O–H groups in total. The van der Waals surface area contributed by atoms with E-state index in [0.717, 1.165) is 14.9 Å². The molecule has 0 spiro atoms. The Morgan fingerprint density at radius 1 is 1.35 bits per heavy atom. The fourth-order valence-electron chi connectivity index (χ4n) is 2.15. The van der Waals surface area contributed by atoms with Crippen molar-refractivity contribution < 1.29 is 23.9 Å². The van der Waals surface area contributed by atoms with Gasteiger partial charge in [-0.1, -0.05) is 28.1 Å². The molecule has 7 heteroatoms. The third kappa shape index (κ3) is 2.18. The maximum atomic E-state index is 11.9. The molecule has 2 aliphatic heterocycles. The minimum atomic E-state index is -1.25. The number of carbonyl (C=O) groups is 3. The van der Waals surface area contributed by atoms with Crippen LogP contribution >= 0.6 is 15.9 Å². The van der Waals surface area contributed by atoms with Crippen molar-refractivity contribution in [2.75, 3.05) is 0 Å². The Morgan fingerprint density at radius 2 is 2.05 bits per heavy atom.